The highest BCUT2D eigenvalue weighted by molar-refractivity contribution is 6.30. The fourth-order valence-corrected chi connectivity index (χ4v) is 4.18. The van der Waals surface area contributed by atoms with Gasteiger partial charge in [-0.25, -0.2) is 4.98 Å². The maximum Gasteiger partial charge on any atom is 0.251 e. The molecule has 3 heterocycles. The monoisotopic (exact) mass is 387 g/mol. The molecule has 1 saturated heterocycles. The molecule has 2 aromatic rings. The fourth-order valence-electron chi connectivity index (χ4n) is 3.99. The van der Waals surface area contributed by atoms with Gasteiger partial charge in [0.1, 0.15) is 0 Å². The molecule has 0 saturated carbocycles. The van der Waals surface area contributed by atoms with E-state index in [0.29, 0.717) is 23.7 Å². The van der Waals surface area contributed by atoms with Gasteiger partial charge in [-0.1, -0.05) is 17.7 Å². The summed E-state index contributed by atoms with van der Waals surface area (Å²) in [7, 11) is 0. The number of nitrogens with one attached hydrogen (secondary N) is 3. The number of fused-ring (bicyclic) bond motifs is 2. The number of piperidine rings is 1. The molecule has 0 bridgehead atoms. The SMILES string of the molecule is O=C(NCC(=O)N1CCC2(CC1)NCCc1[nH]cnc12)c1cccc(Cl)c1. The minimum absolute atomic E-state index is 0.0145. The highest BCUT2D eigenvalue weighted by Crippen LogP contribution is 2.35. The second kappa shape index (κ2) is 7.32. The number of nitrogens with zero attached hydrogens (tertiary/aromatic N) is 2. The van der Waals surface area contributed by atoms with Crippen LogP contribution in [0.4, 0.5) is 0 Å². The summed E-state index contributed by atoms with van der Waals surface area (Å²) >= 11 is 5.90. The Morgan fingerprint density at radius 1 is 1.30 bits per heavy atom. The minimum Gasteiger partial charge on any atom is -0.348 e. The van der Waals surface area contributed by atoms with Crippen molar-refractivity contribution in [1.82, 2.24) is 25.5 Å². The molecule has 142 valence electrons. The van der Waals surface area contributed by atoms with Crippen molar-refractivity contribution in [3.63, 3.8) is 0 Å². The summed E-state index contributed by atoms with van der Waals surface area (Å²) < 4.78 is 0. The number of imidazole rings is 1. The molecule has 0 radical (unpaired) electrons. The van der Waals surface area contributed by atoms with Crippen LogP contribution in [0.25, 0.3) is 0 Å². The van der Waals surface area contributed by atoms with Crippen molar-refractivity contribution in [2.75, 3.05) is 26.2 Å². The van der Waals surface area contributed by atoms with E-state index < -0.39 is 0 Å². The maximum atomic E-state index is 12.5. The third-order valence-electron chi connectivity index (χ3n) is 5.47. The predicted octanol–water partition coefficient (Wildman–Crippen LogP) is 1.46. The summed E-state index contributed by atoms with van der Waals surface area (Å²) in [4.78, 5) is 34.2. The lowest BCUT2D eigenvalue weighted by atomic mass is 9.80. The summed E-state index contributed by atoms with van der Waals surface area (Å²) in [5.74, 6) is -0.368. The average molecular weight is 388 g/mol. The van der Waals surface area contributed by atoms with E-state index in [1.54, 1.807) is 30.6 Å². The molecular formula is C19H22ClN5O2. The van der Waals surface area contributed by atoms with Crippen LogP contribution >= 0.6 is 11.6 Å². The normalized spacial score (nSPS) is 18.2. The first kappa shape index (κ1) is 18.0. The van der Waals surface area contributed by atoms with E-state index in [4.69, 9.17) is 11.6 Å². The first-order valence-corrected chi connectivity index (χ1v) is 9.54. The zero-order chi connectivity index (χ0) is 18.9. The van der Waals surface area contributed by atoms with Crippen LogP contribution in [0.2, 0.25) is 5.02 Å². The Morgan fingerprint density at radius 2 is 2.11 bits per heavy atom. The Morgan fingerprint density at radius 3 is 2.89 bits per heavy atom. The van der Waals surface area contributed by atoms with E-state index in [1.807, 2.05) is 4.90 Å². The van der Waals surface area contributed by atoms with Gasteiger partial charge < -0.3 is 20.5 Å². The van der Waals surface area contributed by atoms with Crippen LogP contribution in [0.1, 0.15) is 34.6 Å². The van der Waals surface area contributed by atoms with Crippen molar-refractivity contribution in [3.05, 3.63) is 52.6 Å². The Hall–Kier alpha value is -2.38. The highest BCUT2D eigenvalue weighted by atomic mass is 35.5. The lowest BCUT2D eigenvalue weighted by molar-refractivity contribution is -0.132. The summed E-state index contributed by atoms with van der Waals surface area (Å²) in [5, 5.41) is 6.79. The minimum atomic E-state index is -0.297. The Balaban J connectivity index is 1.33. The lowest BCUT2D eigenvalue weighted by Gasteiger charge is -2.44. The molecule has 2 amide bonds. The van der Waals surface area contributed by atoms with Gasteiger partial charge in [-0.3, -0.25) is 9.59 Å². The van der Waals surface area contributed by atoms with Crippen molar-refractivity contribution in [3.8, 4) is 0 Å². The second-order valence-electron chi connectivity index (χ2n) is 7.06. The Bertz CT molecular complexity index is 857. The van der Waals surface area contributed by atoms with Crippen molar-refractivity contribution in [2.45, 2.75) is 24.8 Å². The molecule has 1 spiro atoms. The molecule has 8 heteroatoms. The number of likely N-dealkylation sites (tertiary alicyclic amines) is 1. The van der Waals surface area contributed by atoms with Gasteiger partial charge in [0.15, 0.2) is 0 Å². The van der Waals surface area contributed by atoms with Gasteiger partial charge in [-0.15, -0.1) is 0 Å². The largest absolute Gasteiger partial charge is 0.348 e. The molecule has 4 rings (SSSR count). The van der Waals surface area contributed by atoms with Gasteiger partial charge in [0.05, 0.1) is 24.1 Å². The third-order valence-corrected chi connectivity index (χ3v) is 5.70. The fraction of sp³-hybridized carbons (Fsp3) is 0.421. The van der Waals surface area contributed by atoms with E-state index in [1.165, 1.54) is 5.69 Å². The van der Waals surface area contributed by atoms with Gasteiger partial charge in [0.2, 0.25) is 5.91 Å². The number of carbonyl (C=O) groups excluding carboxylic acids is 2. The van der Waals surface area contributed by atoms with E-state index in [9.17, 15) is 9.59 Å². The van der Waals surface area contributed by atoms with Crippen molar-refractivity contribution < 1.29 is 9.59 Å². The number of hydrogen-bond acceptors (Lipinski definition) is 4. The average Bonchev–Trinajstić information content (AvgIpc) is 3.17. The molecule has 2 aliphatic heterocycles. The number of rotatable bonds is 3. The lowest BCUT2D eigenvalue weighted by Crippen LogP contribution is -2.56. The number of carbonyl (C=O) groups is 2. The number of halogens is 1. The molecule has 0 atom stereocenters. The van der Waals surface area contributed by atoms with Crippen LogP contribution in [0.15, 0.2) is 30.6 Å². The molecule has 1 fully saturated rings. The number of aromatic nitrogens is 2. The summed E-state index contributed by atoms with van der Waals surface area (Å²) in [6, 6.07) is 6.68. The highest BCUT2D eigenvalue weighted by Gasteiger charge is 2.41. The molecule has 1 aromatic carbocycles. The van der Waals surface area contributed by atoms with Gasteiger partial charge in [-0.05, 0) is 31.0 Å². The summed E-state index contributed by atoms with van der Waals surface area (Å²) in [6.07, 6.45) is 4.34. The third kappa shape index (κ3) is 3.57. The van der Waals surface area contributed by atoms with Gasteiger partial charge in [-0.2, -0.15) is 0 Å². The molecular weight excluding hydrogens is 366 g/mol. The smallest absolute Gasteiger partial charge is 0.251 e. The zero-order valence-electron chi connectivity index (χ0n) is 14.9. The predicted molar refractivity (Wildman–Crippen MR) is 102 cm³/mol. The molecule has 3 N–H and O–H groups in total. The number of benzene rings is 1. The zero-order valence-corrected chi connectivity index (χ0v) is 15.7. The number of amides is 2. The van der Waals surface area contributed by atoms with Gasteiger partial charge in [0, 0.05) is 42.3 Å². The summed E-state index contributed by atoms with van der Waals surface area (Å²) in [5.41, 5.74) is 2.59. The first-order chi connectivity index (χ1) is 13.1. The topological polar surface area (TPSA) is 90.1 Å². The van der Waals surface area contributed by atoms with Crippen LogP contribution < -0.4 is 10.6 Å². The molecule has 0 aliphatic carbocycles. The molecule has 7 nitrogen and oxygen atoms in total. The Labute approximate surface area is 162 Å². The van der Waals surface area contributed by atoms with Crippen molar-refractivity contribution >= 4 is 23.4 Å². The number of H-pyrrole nitrogens is 1. The van der Waals surface area contributed by atoms with Gasteiger partial charge in [0.25, 0.3) is 5.91 Å². The van der Waals surface area contributed by atoms with E-state index in [0.717, 1.165) is 31.5 Å². The standard InChI is InChI=1S/C19H22ClN5O2/c20-14-3-1-2-13(10-14)18(27)21-11-16(26)25-8-5-19(6-9-25)17-15(4-7-24-19)22-12-23-17/h1-3,10,12,24H,4-9,11H2,(H,21,27)(H,22,23). The summed E-state index contributed by atoms with van der Waals surface area (Å²) in [6.45, 7) is 2.19. The number of hydrogen-bond donors (Lipinski definition) is 3. The van der Waals surface area contributed by atoms with E-state index >= 15 is 0 Å². The molecule has 27 heavy (non-hydrogen) atoms. The first-order valence-electron chi connectivity index (χ1n) is 9.17. The molecule has 2 aliphatic rings. The quantitative estimate of drug-likeness (QED) is 0.743. The van der Waals surface area contributed by atoms with Crippen LogP contribution in [0, 0.1) is 0 Å². The Kier molecular flexibility index (Phi) is 4.88. The van der Waals surface area contributed by atoms with Crippen LogP contribution in [0.5, 0.6) is 0 Å². The van der Waals surface area contributed by atoms with Gasteiger partial charge >= 0.3 is 0 Å². The molecule has 1 aromatic heterocycles. The van der Waals surface area contributed by atoms with Crippen molar-refractivity contribution in [2.24, 2.45) is 0 Å². The van der Waals surface area contributed by atoms with Crippen LogP contribution in [-0.2, 0) is 16.8 Å². The second-order valence-corrected chi connectivity index (χ2v) is 7.50. The van der Waals surface area contributed by atoms with Crippen LogP contribution in [0.3, 0.4) is 0 Å². The van der Waals surface area contributed by atoms with E-state index in [-0.39, 0.29) is 23.9 Å². The number of aromatic amines is 1. The molecule has 0 unspecified atom stereocenters. The van der Waals surface area contributed by atoms with E-state index in [2.05, 4.69) is 20.6 Å². The van der Waals surface area contributed by atoms with Crippen LogP contribution in [-0.4, -0.2) is 52.9 Å². The van der Waals surface area contributed by atoms with Crippen molar-refractivity contribution in [1.29, 1.82) is 0 Å². The maximum absolute atomic E-state index is 12.5.